The summed E-state index contributed by atoms with van der Waals surface area (Å²) in [5.41, 5.74) is 1.60. The Bertz CT molecular complexity index is 1000. The molecular formula is C23H26N2O4. The fourth-order valence-electron chi connectivity index (χ4n) is 7.80. The summed E-state index contributed by atoms with van der Waals surface area (Å²) >= 11 is 0. The molecule has 0 N–H and O–H groups in total. The number of ketones is 1. The summed E-state index contributed by atoms with van der Waals surface area (Å²) in [6.45, 7) is 2.87. The summed E-state index contributed by atoms with van der Waals surface area (Å²) in [5.74, 6) is 0.477. The summed E-state index contributed by atoms with van der Waals surface area (Å²) < 4.78 is 10.8. The Balaban J connectivity index is 1.65. The van der Waals surface area contributed by atoms with Gasteiger partial charge in [-0.2, -0.15) is 0 Å². The van der Waals surface area contributed by atoms with Crippen LogP contribution in [0.3, 0.4) is 0 Å². The molecule has 7 atom stereocenters. The van der Waals surface area contributed by atoms with Gasteiger partial charge in [-0.1, -0.05) is 17.7 Å². The van der Waals surface area contributed by atoms with E-state index < -0.39 is 10.8 Å². The van der Waals surface area contributed by atoms with Crippen molar-refractivity contribution in [3.8, 4) is 5.75 Å². The fraction of sp³-hybridized carbons (Fsp3) is 0.565. The number of benzene rings is 1. The first-order valence-corrected chi connectivity index (χ1v) is 10.4. The summed E-state index contributed by atoms with van der Waals surface area (Å²) in [5, 5.41) is 0. The molecule has 6 nitrogen and oxygen atoms in total. The van der Waals surface area contributed by atoms with Gasteiger partial charge in [0.25, 0.3) is 0 Å². The van der Waals surface area contributed by atoms with Crippen molar-refractivity contribution in [1.29, 1.82) is 0 Å². The normalized spacial score (nSPS) is 44.3. The van der Waals surface area contributed by atoms with Gasteiger partial charge in [-0.05, 0) is 31.4 Å². The highest BCUT2D eigenvalue weighted by Crippen LogP contribution is 2.71. The number of esters is 1. The maximum Gasteiger partial charge on any atom is 0.321 e. The number of nitrogens with zero attached hydrogens (tertiary/aromatic N) is 2. The van der Waals surface area contributed by atoms with E-state index in [0.29, 0.717) is 6.42 Å². The summed E-state index contributed by atoms with van der Waals surface area (Å²) in [6.07, 6.45) is 3.63. The van der Waals surface area contributed by atoms with Crippen molar-refractivity contribution in [2.75, 3.05) is 32.7 Å². The van der Waals surface area contributed by atoms with Gasteiger partial charge >= 0.3 is 5.97 Å². The topological polar surface area (TPSA) is 59.1 Å². The van der Waals surface area contributed by atoms with Crippen LogP contribution in [-0.4, -0.2) is 62.6 Å². The van der Waals surface area contributed by atoms with Crippen LogP contribution in [0.4, 0.5) is 5.69 Å². The highest BCUT2D eigenvalue weighted by molar-refractivity contribution is 6.15. The Morgan fingerprint density at radius 2 is 2.10 bits per heavy atom. The van der Waals surface area contributed by atoms with Gasteiger partial charge in [0.15, 0.2) is 5.78 Å². The van der Waals surface area contributed by atoms with Crippen molar-refractivity contribution in [3.63, 3.8) is 0 Å². The molecule has 7 rings (SSSR count). The number of anilines is 1. The SMILES string of the molecule is C/C=C1/CN2C3CC45C(=O)[C@]3(C(=O)OC)[C@H]1C[C@H]2[C@H]4N(C)c1cc(OC)ccc15. The highest BCUT2D eigenvalue weighted by atomic mass is 16.5. The maximum atomic E-state index is 14.5. The largest absolute Gasteiger partial charge is 0.497 e. The van der Waals surface area contributed by atoms with E-state index in [2.05, 4.69) is 29.0 Å². The molecule has 1 aromatic carbocycles. The summed E-state index contributed by atoms with van der Waals surface area (Å²) in [7, 11) is 5.18. The van der Waals surface area contributed by atoms with E-state index in [1.807, 2.05) is 19.1 Å². The molecular weight excluding hydrogens is 368 g/mol. The van der Waals surface area contributed by atoms with Crippen LogP contribution in [0.2, 0.25) is 0 Å². The molecule has 0 radical (unpaired) electrons. The van der Waals surface area contributed by atoms with E-state index in [0.717, 1.165) is 30.0 Å². The molecule has 5 aliphatic heterocycles. The van der Waals surface area contributed by atoms with Crippen LogP contribution < -0.4 is 9.64 Å². The van der Waals surface area contributed by atoms with Gasteiger partial charge in [-0.25, -0.2) is 0 Å². The average Bonchev–Trinajstić information content (AvgIpc) is 3.13. The smallest absolute Gasteiger partial charge is 0.321 e. The monoisotopic (exact) mass is 394 g/mol. The first-order chi connectivity index (χ1) is 14.0. The number of allylic oxidation sites excluding steroid dienone is 1. The second kappa shape index (κ2) is 5.22. The molecule has 152 valence electrons. The quantitative estimate of drug-likeness (QED) is 0.434. The van der Waals surface area contributed by atoms with Crippen molar-refractivity contribution in [2.24, 2.45) is 11.3 Å². The minimum absolute atomic E-state index is 0.0447. The molecule has 1 aliphatic carbocycles. The van der Waals surface area contributed by atoms with Gasteiger partial charge in [0.1, 0.15) is 11.2 Å². The second-order valence-corrected chi connectivity index (χ2v) is 9.21. The van der Waals surface area contributed by atoms with Crippen LogP contribution in [0.25, 0.3) is 0 Å². The Morgan fingerprint density at radius 1 is 1.31 bits per heavy atom. The van der Waals surface area contributed by atoms with Gasteiger partial charge in [-0.3, -0.25) is 14.5 Å². The zero-order valence-electron chi connectivity index (χ0n) is 17.3. The number of hydrogen-bond donors (Lipinski definition) is 0. The predicted octanol–water partition coefficient (Wildman–Crippen LogP) is 1.92. The van der Waals surface area contributed by atoms with Crippen LogP contribution in [-0.2, 0) is 19.7 Å². The molecule has 1 spiro atoms. The van der Waals surface area contributed by atoms with Crippen LogP contribution in [0.15, 0.2) is 29.8 Å². The third kappa shape index (κ3) is 1.57. The van der Waals surface area contributed by atoms with Gasteiger partial charge in [0.05, 0.1) is 25.7 Å². The van der Waals surface area contributed by atoms with Gasteiger partial charge in [0.2, 0.25) is 0 Å². The van der Waals surface area contributed by atoms with Gasteiger partial charge < -0.3 is 14.4 Å². The van der Waals surface area contributed by atoms with E-state index >= 15 is 0 Å². The highest BCUT2D eigenvalue weighted by Gasteiger charge is 2.83. The third-order valence-corrected chi connectivity index (χ3v) is 8.73. The molecule has 6 heteroatoms. The molecule has 1 saturated carbocycles. The molecule has 4 saturated heterocycles. The standard InChI is InChI=1S/C23H26N2O4/c1-5-12-11-25-17-9-15(12)23(21(27)29-4)18(25)10-22(20(23)26)14-7-6-13(28-3)8-16(14)24(2)19(17)22/h5-8,15,17-19H,9-11H2,1-4H3/b12-5-/t15-,17-,18?,19+,22?,23-/m0/s1. The van der Waals surface area contributed by atoms with Crippen molar-refractivity contribution in [1.82, 2.24) is 4.90 Å². The molecule has 5 fully saturated rings. The maximum absolute atomic E-state index is 14.5. The molecule has 5 bridgehead atoms. The number of likely N-dealkylation sites (N-methyl/N-ethyl adjacent to an activating group) is 1. The number of methoxy groups -OCH3 is 2. The lowest BCUT2D eigenvalue weighted by molar-refractivity contribution is -0.172. The van der Waals surface area contributed by atoms with Crippen LogP contribution >= 0.6 is 0 Å². The first kappa shape index (κ1) is 17.5. The Labute approximate surface area is 170 Å². The first-order valence-electron chi connectivity index (χ1n) is 10.4. The number of hydrogen-bond acceptors (Lipinski definition) is 6. The third-order valence-electron chi connectivity index (χ3n) is 8.73. The minimum Gasteiger partial charge on any atom is -0.497 e. The Morgan fingerprint density at radius 3 is 2.79 bits per heavy atom. The van der Waals surface area contributed by atoms with Crippen LogP contribution in [0, 0.1) is 11.3 Å². The van der Waals surface area contributed by atoms with E-state index in [1.54, 1.807) is 7.11 Å². The number of carbonyl (C=O) groups is 2. The van der Waals surface area contributed by atoms with Crippen molar-refractivity contribution < 1.29 is 19.1 Å². The number of carbonyl (C=O) groups excluding carboxylic acids is 2. The Hall–Kier alpha value is -2.34. The molecule has 0 aromatic heterocycles. The Kier molecular flexibility index (Phi) is 3.15. The van der Waals surface area contributed by atoms with E-state index in [4.69, 9.17) is 9.47 Å². The lowest BCUT2D eigenvalue weighted by Gasteiger charge is -2.60. The fourth-order valence-corrected chi connectivity index (χ4v) is 7.80. The van der Waals surface area contributed by atoms with Crippen LogP contribution in [0.5, 0.6) is 5.75 Å². The molecule has 0 amide bonds. The minimum atomic E-state index is -1.08. The molecule has 6 aliphatic rings. The van der Waals surface area contributed by atoms with E-state index in [-0.39, 0.29) is 35.8 Å². The number of fused-ring (bicyclic) bond motifs is 2. The predicted molar refractivity (Wildman–Crippen MR) is 107 cm³/mol. The van der Waals surface area contributed by atoms with Gasteiger partial charge in [0, 0.05) is 43.3 Å². The number of rotatable bonds is 2. The van der Waals surface area contributed by atoms with Crippen molar-refractivity contribution in [3.05, 3.63) is 35.4 Å². The average molecular weight is 394 g/mol. The molecule has 3 unspecified atom stereocenters. The lowest BCUT2D eigenvalue weighted by atomic mass is 9.59. The molecule has 29 heavy (non-hydrogen) atoms. The lowest BCUT2D eigenvalue weighted by Crippen LogP contribution is -2.71. The van der Waals surface area contributed by atoms with Crippen molar-refractivity contribution in [2.45, 2.75) is 43.3 Å². The van der Waals surface area contributed by atoms with E-state index in [9.17, 15) is 9.59 Å². The van der Waals surface area contributed by atoms with Crippen LogP contribution in [0.1, 0.15) is 25.3 Å². The number of ether oxygens (including phenoxy) is 2. The van der Waals surface area contributed by atoms with E-state index in [1.165, 1.54) is 12.7 Å². The molecule has 1 aromatic rings. The van der Waals surface area contributed by atoms with Gasteiger partial charge in [-0.15, -0.1) is 0 Å². The zero-order chi connectivity index (χ0) is 20.3. The second-order valence-electron chi connectivity index (χ2n) is 9.21. The number of piperidine rings is 4. The molecule has 5 heterocycles. The number of Topliss-reactive ketones (excluding diaryl/α,β-unsaturated/α-hetero) is 1. The summed E-state index contributed by atoms with van der Waals surface area (Å²) in [4.78, 5) is 32.5. The zero-order valence-corrected chi connectivity index (χ0v) is 17.3. The summed E-state index contributed by atoms with van der Waals surface area (Å²) in [6, 6.07) is 6.25. The van der Waals surface area contributed by atoms with Crippen molar-refractivity contribution >= 4 is 17.4 Å².